The third kappa shape index (κ3) is 9.46. The summed E-state index contributed by atoms with van der Waals surface area (Å²) < 4.78 is 94.6. The van der Waals surface area contributed by atoms with E-state index in [1.54, 1.807) is 79.9 Å². The van der Waals surface area contributed by atoms with E-state index < -0.39 is 26.7 Å². The minimum Gasteiger partial charge on any atom is -0.497 e. The van der Waals surface area contributed by atoms with Gasteiger partial charge in [-0.1, -0.05) is 42.5 Å². The molecule has 0 atom stereocenters. The van der Waals surface area contributed by atoms with Crippen LogP contribution in [0.5, 0.6) is 17.2 Å². The molecule has 1 aliphatic carbocycles. The number of hydrogen-bond donors (Lipinski definition) is 1. The lowest BCUT2D eigenvalue weighted by molar-refractivity contribution is -0.139. The van der Waals surface area contributed by atoms with Crippen molar-refractivity contribution in [1.29, 1.82) is 0 Å². The lowest BCUT2D eigenvalue weighted by atomic mass is 9.82. The first-order valence-corrected chi connectivity index (χ1v) is 19.5. The number of rotatable bonds is 15. The van der Waals surface area contributed by atoms with Gasteiger partial charge in [0, 0.05) is 24.7 Å². The molecular formula is C40H45F3N6O5S. The van der Waals surface area contributed by atoms with E-state index in [1.807, 2.05) is 0 Å². The third-order valence-corrected chi connectivity index (χ3v) is 12.0. The molecule has 1 aliphatic rings. The van der Waals surface area contributed by atoms with Gasteiger partial charge in [0.2, 0.25) is 10.0 Å². The zero-order valence-corrected chi connectivity index (χ0v) is 31.8. The highest BCUT2D eigenvalue weighted by Crippen LogP contribution is 2.43. The molecule has 55 heavy (non-hydrogen) atoms. The fourth-order valence-corrected chi connectivity index (χ4v) is 8.86. The molecule has 0 unspecified atom stereocenters. The Morgan fingerprint density at radius 1 is 0.764 bits per heavy atom. The van der Waals surface area contributed by atoms with Crippen LogP contribution in [-0.4, -0.2) is 60.3 Å². The predicted molar refractivity (Wildman–Crippen MR) is 201 cm³/mol. The maximum absolute atomic E-state index is 15.3. The van der Waals surface area contributed by atoms with Crippen molar-refractivity contribution >= 4 is 10.0 Å². The van der Waals surface area contributed by atoms with Gasteiger partial charge in [-0.3, -0.25) is 0 Å². The summed E-state index contributed by atoms with van der Waals surface area (Å²) >= 11 is 0. The number of aromatic nitrogens is 4. The molecule has 0 radical (unpaired) electrons. The van der Waals surface area contributed by atoms with Crippen molar-refractivity contribution in [3.8, 4) is 28.6 Å². The van der Waals surface area contributed by atoms with Gasteiger partial charge < -0.3 is 19.9 Å². The number of sulfonamides is 1. The highest BCUT2D eigenvalue weighted by Gasteiger charge is 2.43. The number of hydrogen-bond acceptors (Lipinski definition) is 9. The normalized spacial score (nSPS) is 16.3. The number of ether oxygens (including phenoxy) is 3. The maximum Gasteiger partial charge on any atom is 0.417 e. The summed E-state index contributed by atoms with van der Waals surface area (Å²) in [5, 5.41) is 12.2. The molecule has 6 rings (SSSR count). The molecule has 0 aliphatic heterocycles. The Hall–Kier alpha value is -4.99. The average molecular weight is 779 g/mol. The molecule has 292 valence electrons. The van der Waals surface area contributed by atoms with Gasteiger partial charge in [-0.2, -0.15) is 17.5 Å². The van der Waals surface area contributed by atoms with Crippen molar-refractivity contribution < 1.29 is 35.8 Å². The Kier molecular flexibility index (Phi) is 12.4. The minimum absolute atomic E-state index is 0.0590. The van der Waals surface area contributed by atoms with Crippen molar-refractivity contribution in [2.45, 2.75) is 75.3 Å². The zero-order valence-electron chi connectivity index (χ0n) is 31.0. The van der Waals surface area contributed by atoms with Crippen LogP contribution in [0.4, 0.5) is 13.2 Å². The van der Waals surface area contributed by atoms with Crippen molar-refractivity contribution in [3.63, 3.8) is 0 Å². The van der Waals surface area contributed by atoms with Crippen LogP contribution in [0.2, 0.25) is 0 Å². The highest BCUT2D eigenvalue weighted by atomic mass is 32.2. The summed E-state index contributed by atoms with van der Waals surface area (Å²) in [6, 6.07) is 22.9. The Bertz CT molecular complexity index is 2090. The molecule has 1 saturated carbocycles. The van der Waals surface area contributed by atoms with Crippen LogP contribution in [0, 0.1) is 5.92 Å². The quantitative estimate of drug-likeness (QED) is 0.116. The van der Waals surface area contributed by atoms with Gasteiger partial charge in [-0.25, -0.2) is 13.1 Å². The molecule has 0 amide bonds. The molecule has 0 spiro atoms. The van der Waals surface area contributed by atoms with E-state index in [4.69, 9.17) is 19.9 Å². The summed E-state index contributed by atoms with van der Waals surface area (Å²) in [6.07, 6.45) is -0.625. The first-order chi connectivity index (χ1) is 26.4. The molecule has 2 N–H and O–H groups in total. The lowest BCUT2D eigenvalue weighted by Gasteiger charge is -2.28. The van der Waals surface area contributed by atoms with Crippen molar-refractivity contribution in [2.75, 3.05) is 21.3 Å². The smallest absolute Gasteiger partial charge is 0.417 e. The first-order valence-electron chi connectivity index (χ1n) is 18.0. The van der Waals surface area contributed by atoms with Crippen LogP contribution >= 0.6 is 0 Å². The first kappa shape index (κ1) is 39.7. The van der Waals surface area contributed by atoms with Gasteiger partial charge in [-0.15, -0.1) is 5.10 Å². The molecule has 1 fully saturated rings. The van der Waals surface area contributed by atoms with Crippen molar-refractivity contribution in [2.24, 2.45) is 11.7 Å². The molecule has 1 aromatic heterocycles. The highest BCUT2D eigenvalue weighted by molar-refractivity contribution is 7.89. The van der Waals surface area contributed by atoms with E-state index >= 15 is 21.6 Å². The monoisotopic (exact) mass is 778 g/mol. The van der Waals surface area contributed by atoms with Gasteiger partial charge >= 0.3 is 6.18 Å². The zero-order chi connectivity index (χ0) is 39.2. The third-order valence-electron chi connectivity index (χ3n) is 10.1. The number of alkyl halides is 3. The Labute approximate surface area is 319 Å². The second-order valence-electron chi connectivity index (χ2n) is 13.8. The molecule has 0 saturated heterocycles. The number of tetrazole rings is 1. The number of benzene rings is 4. The predicted octanol–water partition coefficient (Wildman–Crippen LogP) is 7.27. The van der Waals surface area contributed by atoms with Crippen molar-refractivity contribution in [1.82, 2.24) is 24.5 Å². The van der Waals surface area contributed by atoms with Crippen LogP contribution in [0.25, 0.3) is 11.4 Å². The van der Waals surface area contributed by atoms with Crippen LogP contribution in [0.3, 0.4) is 0 Å². The standard InChI is InChI=1S/C40H45F3N6O5S/c1-52-33-17-7-28(8-18-33)24-48(25-29-9-19-34(53-2)20-10-29)55(50,51)38-36(40(41,42)43)23-14-31(13-4-27-5-15-32(44)16-6-27)37(38)39-45-46-47-49(39)26-30-11-21-35(54-3)22-12-30/h7-12,14,17-23,27,32H,4-6,13,15-16,24-26,44H2,1-3H3. The summed E-state index contributed by atoms with van der Waals surface area (Å²) in [6.45, 7) is -0.416. The Balaban J connectivity index is 1.53. The number of methoxy groups -OCH3 is 3. The van der Waals surface area contributed by atoms with Crippen LogP contribution < -0.4 is 19.9 Å². The molecule has 0 bridgehead atoms. The second-order valence-corrected chi connectivity index (χ2v) is 15.6. The second kappa shape index (κ2) is 17.2. The molecule has 1 heterocycles. The van der Waals surface area contributed by atoms with Gasteiger partial charge in [0.15, 0.2) is 5.82 Å². The van der Waals surface area contributed by atoms with Gasteiger partial charge in [0.1, 0.15) is 22.1 Å². The van der Waals surface area contributed by atoms with Crippen LogP contribution in [-0.2, 0) is 42.3 Å². The van der Waals surface area contributed by atoms with E-state index in [9.17, 15) is 0 Å². The topological polar surface area (TPSA) is 135 Å². The van der Waals surface area contributed by atoms with Gasteiger partial charge in [-0.05, 0) is 120 Å². The lowest BCUT2D eigenvalue weighted by Crippen LogP contribution is -2.33. The van der Waals surface area contributed by atoms with Crippen LogP contribution in [0.1, 0.15) is 59.9 Å². The van der Waals surface area contributed by atoms with E-state index in [2.05, 4.69) is 15.5 Å². The number of aryl methyl sites for hydroxylation is 1. The maximum atomic E-state index is 15.3. The Morgan fingerprint density at radius 3 is 1.76 bits per heavy atom. The molecule has 5 aromatic rings. The van der Waals surface area contributed by atoms with Crippen LogP contribution in [0.15, 0.2) is 89.8 Å². The Morgan fingerprint density at radius 2 is 1.27 bits per heavy atom. The summed E-state index contributed by atoms with van der Waals surface area (Å²) in [5.74, 6) is 1.91. The van der Waals surface area contributed by atoms with E-state index in [0.717, 1.165) is 41.6 Å². The summed E-state index contributed by atoms with van der Waals surface area (Å²) in [4.78, 5) is -0.893. The minimum atomic E-state index is -5.05. The van der Waals surface area contributed by atoms with E-state index in [0.29, 0.717) is 46.8 Å². The molecule has 15 heteroatoms. The number of nitrogens with zero attached hydrogens (tertiary/aromatic N) is 5. The van der Waals surface area contributed by atoms with E-state index in [1.165, 1.54) is 25.0 Å². The fourth-order valence-electron chi connectivity index (χ4n) is 7.02. The summed E-state index contributed by atoms with van der Waals surface area (Å²) in [5.41, 5.74) is 6.91. The average Bonchev–Trinajstić information content (AvgIpc) is 3.65. The van der Waals surface area contributed by atoms with Gasteiger partial charge in [0.05, 0.1) is 33.4 Å². The van der Waals surface area contributed by atoms with Gasteiger partial charge in [0.25, 0.3) is 0 Å². The summed E-state index contributed by atoms with van der Waals surface area (Å²) in [7, 11) is -0.404. The number of halogens is 3. The fraction of sp³-hybridized carbons (Fsp3) is 0.375. The SMILES string of the molecule is COc1ccc(CN(Cc2ccc(OC)cc2)S(=O)(=O)c2c(C(F)(F)F)ccc(CCC3CCC(N)CC3)c2-c2nnnn2Cc2ccc(OC)cc2)cc1. The molecule has 11 nitrogen and oxygen atoms in total. The van der Waals surface area contributed by atoms with E-state index in [-0.39, 0.29) is 43.0 Å². The number of nitrogens with two attached hydrogens (primary N) is 1. The van der Waals surface area contributed by atoms with Crippen molar-refractivity contribution in [3.05, 3.63) is 113 Å². The molecular weight excluding hydrogens is 734 g/mol. The largest absolute Gasteiger partial charge is 0.497 e. The molecule has 4 aromatic carbocycles.